The van der Waals surface area contributed by atoms with Crippen molar-refractivity contribution in [1.82, 2.24) is 9.78 Å². The van der Waals surface area contributed by atoms with Gasteiger partial charge in [0.1, 0.15) is 5.69 Å². The Morgan fingerprint density at radius 2 is 2.44 bits per heavy atom. The Labute approximate surface area is 114 Å². The van der Waals surface area contributed by atoms with Crippen LogP contribution in [0.5, 0.6) is 0 Å². The molecule has 0 radical (unpaired) electrons. The summed E-state index contributed by atoms with van der Waals surface area (Å²) in [6.07, 6.45) is 6.07. The molecule has 2 N–H and O–H groups in total. The fourth-order valence-corrected chi connectivity index (χ4v) is 2.54. The zero-order chi connectivity index (χ0) is 13.1. The highest BCUT2D eigenvalue weighted by molar-refractivity contribution is 9.10. The van der Waals surface area contributed by atoms with Crippen molar-refractivity contribution < 1.29 is 9.53 Å². The van der Waals surface area contributed by atoms with Gasteiger partial charge in [0.05, 0.1) is 23.8 Å². The SMILES string of the molecule is COCCn1ncc(Br)c1C(=O)C1C=CC(N)C1. The number of methoxy groups -OCH3 is 1. The van der Waals surface area contributed by atoms with Gasteiger partial charge in [-0.1, -0.05) is 12.2 Å². The van der Waals surface area contributed by atoms with Crippen LogP contribution in [0.4, 0.5) is 0 Å². The van der Waals surface area contributed by atoms with Gasteiger partial charge < -0.3 is 10.5 Å². The quantitative estimate of drug-likeness (QED) is 0.658. The highest BCUT2D eigenvalue weighted by Gasteiger charge is 2.28. The number of carbonyl (C=O) groups is 1. The van der Waals surface area contributed by atoms with Crippen LogP contribution < -0.4 is 5.73 Å². The minimum Gasteiger partial charge on any atom is -0.383 e. The van der Waals surface area contributed by atoms with Gasteiger partial charge in [-0.2, -0.15) is 5.10 Å². The van der Waals surface area contributed by atoms with Crippen LogP contribution >= 0.6 is 15.9 Å². The number of ketones is 1. The zero-order valence-corrected chi connectivity index (χ0v) is 11.8. The van der Waals surface area contributed by atoms with E-state index in [1.807, 2.05) is 12.2 Å². The second-order valence-electron chi connectivity index (χ2n) is 4.31. The molecule has 0 fully saturated rings. The third kappa shape index (κ3) is 2.71. The van der Waals surface area contributed by atoms with Crippen LogP contribution in [-0.4, -0.2) is 35.3 Å². The Bertz CT molecular complexity index is 470. The van der Waals surface area contributed by atoms with E-state index in [0.717, 1.165) is 4.47 Å². The van der Waals surface area contributed by atoms with E-state index < -0.39 is 0 Å². The molecule has 0 bridgehead atoms. The Hall–Kier alpha value is -0.980. The van der Waals surface area contributed by atoms with Crippen LogP contribution in [0, 0.1) is 5.92 Å². The molecule has 0 amide bonds. The third-order valence-electron chi connectivity index (χ3n) is 2.99. The zero-order valence-electron chi connectivity index (χ0n) is 10.2. The number of aromatic nitrogens is 2. The van der Waals surface area contributed by atoms with Gasteiger partial charge in [-0.15, -0.1) is 0 Å². The first-order valence-corrected chi connectivity index (χ1v) is 6.61. The molecule has 5 nitrogen and oxygen atoms in total. The van der Waals surface area contributed by atoms with Crippen LogP contribution in [0.1, 0.15) is 16.9 Å². The van der Waals surface area contributed by atoms with Crippen molar-refractivity contribution in [3.05, 3.63) is 28.5 Å². The number of ether oxygens (including phenoxy) is 1. The summed E-state index contributed by atoms with van der Waals surface area (Å²) in [7, 11) is 1.62. The summed E-state index contributed by atoms with van der Waals surface area (Å²) in [5, 5.41) is 4.18. The van der Waals surface area contributed by atoms with Gasteiger partial charge in [0.2, 0.25) is 0 Å². The number of carbonyl (C=O) groups excluding carboxylic acids is 1. The van der Waals surface area contributed by atoms with Gasteiger partial charge in [0.25, 0.3) is 0 Å². The van der Waals surface area contributed by atoms with E-state index >= 15 is 0 Å². The Morgan fingerprint density at radius 1 is 1.67 bits per heavy atom. The molecular formula is C12H16BrN3O2. The Morgan fingerprint density at radius 3 is 3.06 bits per heavy atom. The number of nitrogens with zero attached hydrogens (tertiary/aromatic N) is 2. The largest absolute Gasteiger partial charge is 0.383 e. The standard InChI is InChI=1S/C12H16BrN3O2/c1-18-5-4-16-11(10(13)7-15-16)12(17)8-2-3-9(14)6-8/h2-3,7-9H,4-6,14H2,1H3. The van der Waals surface area contributed by atoms with Crippen LogP contribution in [-0.2, 0) is 11.3 Å². The number of hydrogen-bond acceptors (Lipinski definition) is 4. The molecule has 0 saturated carbocycles. The maximum atomic E-state index is 12.4. The topological polar surface area (TPSA) is 70.1 Å². The van der Waals surface area contributed by atoms with E-state index in [0.29, 0.717) is 25.3 Å². The molecule has 1 aliphatic carbocycles. The molecule has 1 aliphatic rings. The fourth-order valence-electron chi connectivity index (χ4n) is 2.05. The lowest BCUT2D eigenvalue weighted by atomic mass is 10.0. The van der Waals surface area contributed by atoms with Crippen LogP contribution in [0.15, 0.2) is 22.8 Å². The summed E-state index contributed by atoms with van der Waals surface area (Å²) in [5.41, 5.74) is 6.37. The van der Waals surface area contributed by atoms with Gasteiger partial charge in [-0.05, 0) is 22.4 Å². The normalized spacial score (nSPS) is 22.6. The summed E-state index contributed by atoms with van der Waals surface area (Å²) in [6.45, 7) is 1.08. The first kappa shape index (κ1) is 13.5. The van der Waals surface area contributed by atoms with Gasteiger partial charge in [-0.25, -0.2) is 0 Å². The molecule has 1 heterocycles. The summed E-state index contributed by atoms with van der Waals surface area (Å²) in [6, 6.07) is -0.0203. The fraction of sp³-hybridized carbons (Fsp3) is 0.500. The van der Waals surface area contributed by atoms with Gasteiger partial charge in [0.15, 0.2) is 5.78 Å². The highest BCUT2D eigenvalue weighted by atomic mass is 79.9. The van der Waals surface area contributed by atoms with Gasteiger partial charge >= 0.3 is 0 Å². The van der Waals surface area contributed by atoms with Crippen LogP contribution in [0.25, 0.3) is 0 Å². The Balaban J connectivity index is 2.19. The van der Waals surface area contributed by atoms with Crippen molar-refractivity contribution in [2.45, 2.75) is 19.0 Å². The van der Waals surface area contributed by atoms with E-state index in [2.05, 4.69) is 21.0 Å². The molecular weight excluding hydrogens is 298 g/mol. The summed E-state index contributed by atoms with van der Waals surface area (Å²) in [4.78, 5) is 12.4. The molecule has 2 unspecified atom stereocenters. The summed E-state index contributed by atoms with van der Waals surface area (Å²) < 4.78 is 7.40. The number of hydrogen-bond donors (Lipinski definition) is 1. The summed E-state index contributed by atoms with van der Waals surface area (Å²) >= 11 is 3.37. The lowest BCUT2D eigenvalue weighted by Gasteiger charge is -2.11. The van der Waals surface area contributed by atoms with Crippen molar-refractivity contribution in [2.75, 3.05) is 13.7 Å². The van der Waals surface area contributed by atoms with E-state index in [4.69, 9.17) is 10.5 Å². The minimum absolute atomic E-state index is 0.0203. The number of halogens is 1. The van der Waals surface area contributed by atoms with Crippen LogP contribution in [0.3, 0.4) is 0 Å². The average Bonchev–Trinajstić information content (AvgIpc) is 2.92. The van der Waals surface area contributed by atoms with E-state index in [1.165, 1.54) is 0 Å². The molecule has 2 atom stereocenters. The van der Waals surface area contributed by atoms with E-state index in [1.54, 1.807) is 18.0 Å². The molecule has 98 valence electrons. The maximum Gasteiger partial charge on any atom is 0.188 e. The van der Waals surface area contributed by atoms with Crippen molar-refractivity contribution >= 4 is 21.7 Å². The molecule has 6 heteroatoms. The summed E-state index contributed by atoms with van der Waals surface area (Å²) in [5.74, 6) is -0.0889. The minimum atomic E-state index is -0.144. The molecule has 0 saturated heterocycles. The van der Waals surface area contributed by atoms with E-state index in [9.17, 15) is 4.79 Å². The van der Waals surface area contributed by atoms with Gasteiger partial charge in [0, 0.05) is 19.1 Å². The number of allylic oxidation sites excluding steroid dienone is 1. The van der Waals surface area contributed by atoms with Gasteiger partial charge in [-0.3, -0.25) is 9.48 Å². The number of nitrogens with two attached hydrogens (primary N) is 1. The van der Waals surface area contributed by atoms with Crippen molar-refractivity contribution in [3.8, 4) is 0 Å². The monoisotopic (exact) mass is 313 g/mol. The van der Waals surface area contributed by atoms with Crippen molar-refractivity contribution in [3.63, 3.8) is 0 Å². The number of Topliss-reactive ketones (excluding diaryl/α,β-unsaturated/α-hetero) is 1. The second kappa shape index (κ2) is 5.77. The predicted molar refractivity (Wildman–Crippen MR) is 71.4 cm³/mol. The molecule has 1 aromatic heterocycles. The number of rotatable bonds is 5. The first-order valence-electron chi connectivity index (χ1n) is 5.82. The highest BCUT2D eigenvalue weighted by Crippen LogP contribution is 2.25. The third-order valence-corrected chi connectivity index (χ3v) is 3.57. The molecule has 0 spiro atoms. The predicted octanol–water partition coefficient (Wildman–Crippen LogP) is 1.38. The van der Waals surface area contributed by atoms with Crippen molar-refractivity contribution in [2.24, 2.45) is 11.7 Å². The van der Waals surface area contributed by atoms with Crippen molar-refractivity contribution in [1.29, 1.82) is 0 Å². The van der Waals surface area contributed by atoms with E-state index in [-0.39, 0.29) is 17.7 Å². The molecule has 1 aromatic rings. The molecule has 2 rings (SSSR count). The smallest absolute Gasteiger partial charge is 0.188 e. The van der Waals surface area contributed by atoms with Crippen LogP contribution in [0.2, 0.25) is 0 Å². The Kier molecular flexibility index (Phi) is 4.31. The molecule has 18 heavy (non-hydrogen) atoms. The lowest BCUT2D eigenvalue weighted by Crippen LogP contribution is -2.22. The first-order chi connectivity index (χ1) is 8.63. The lowest BCUT2D eigenvalue weighted by molar-refractivity contribution is 0.0927. The molecule has 0 aliphatic heterocycles. The average molecular weight is 314 g/mol. The maximum absolute atomic E-state index is 12.4. The molecule has 0 aromatic carbocycles. The second-order valence-corrected chi connectivity index (χ2v) is 5.17.